The SMILES string of the molecule is COC(=O)[C@@]1(OCc2ccccc2)C[C@@H](O)[C@@H]2OC(c3ccccc3)O[C@@H]2C1. The molecule has 1 unspecified atom stereocenters. The standard InChI is InChI=1S/C22H24O6/c1-25-21(24)22(26-14-15-8-4-2-5-9-15)12-17(23)19-18(13-22)27-20(28-19)16-10-6-3-7-11-16/h2-11,17-20,23H,12-14H2,1H3/t17-,18-,19+,20?,22-/m1/s1. The third-order valence-electron chi connectivity index (χ3n) is 5.38. The van der Waals surface area contributed by atoms with Crippen LogP contribution in [0.3, 0.4) is 0 Å². The van der Waals surface area contributed by atoms with E-state index in [9.17, 15) is 9.90 Å². The van der Waals surface area contributed by atoms with Crippen molar-refractivity contribution in [1.29, 1.82) is 0 Å². The number of fused-ring (bicyclic) bond motifs is 1. The predicted octanol–water partition coefficient (Wildman–Crippen LogP) is 2.75. The van der Waals surface area contributed by atoms with Crippen molar-refractivity contribution in [2.45, 2.75) is 49.7 Å². The van der Waals surface area contributed by atoms with Crippen LogP contribution in [0.25, 0.3) is 0 Å². The largest absolute Gasteiger partial charge is 0.467 e. The van der Waals surface area contributed by atoms with Crippen LogP contribution in [0, 0.1) is 0 Å². The molecule has 28 heavy (non-hydrogen) atoms. The van der Waals surface area contributed by atoms with Crippen LogP contribution in [-0.2, 0) is 30.3 Å². The lowest BCUT2D eigenvalue weighted by atomic mass is 9.79. The van der Waals surface area contributed by atoms with Crippen LogP contribution in [0.2, 0.25) is 0 Å². The van der Waals surface area contributed by atoms with Crippen molar-refractivity contribution in [3.63, 3.8) is 0 Å². The Balaban J connectivity index is 1.53. The summed E-state index contributed by atoms with van der Waals surface area (Å²) in [4.78, 5) is 12.6. The summed E-state index contributed by atoms with van der Waals surface area (Å²) in [5.74, 6) is -0.507. The van der Waals surface area contributed by atoms with Gasteiger partial charge in [-0.2, -0.15) is 0 Å². The van der Waals surface area contributed by atoms with Gasteiger partial charge in [0.15, 0.2) is 11.9 Å². The molecule has 4 rings (SSSR count). The van der Waals surface area contributed by atoms with Gasteiger partial charge in [0.2, 0.25) is 0 Å². The van der Waals surface area contributed by atoms with E-state index in [2.05, 4.69) is 0 Å². The molecule has 6 heteroatoms. The first-order valence-corrected chi connectivity index (χ1v) is 9.41. The summed E-state index contributed by atoms with van der Waals surface area (Å²) in [5.41, 5.74) is 0.534. The van der Waals surface area contributed by atoms with Gasteiger partial charge in [0.05, 0.1) is 25.9 Å². The highest BCUT2D eigenvalue weighted by Crippen LogP contribution is 2.44. The molecule has 1 aliphatic heterocycles. The van der Waals surface area contributed by atoms with Crippen LogP contribution < -0.4 is 0 Å². The summed E-state index contributed by atoms with van der Waals surface area (Å²) >= 11 is 0. The van der Waals surface area contributed by atoms with E-state index < -0.39 is 36.2 Å². The monoisotopic (exact) mass is 384 g/mol. The van der Waals surface area contributed by atoms with Crippen molar-refractivity contribution >= 4 is 5.97 Å². The Morgan fingerprint density at radius 2 is 1.75 bits per heavy atom. The van der Waals surface area contributed by atoms with E-state index in [1.54, 1.807) is 0 Å². The van der Waals surface area contributed by atoms with Crippen molar-refractivity contribution < 1.29 is 28.8 Å². The number of benzene rings is 2. The number of aliphatic hydroxyl groups is 1. The van der Waals surface area contributed by atoms with Gasteiger partial charge >= 0.3 is 5.97 Å². The number of carbonyl (C=O) groups excluding carboxylic acids is 1. The van der Waals surface area contributed by atoms with Crippen LogP contribution in [0.5, 0.6) is 0 Å². The molecular formula is C22H24O6. The number of esters is 1. The molecule has 1 saturated carbocycles. The molecule has 1 heterocycles. The quantitative estimate of drug-likeness (QED) is 0.799. The molecule has 0 amide bonds. The van der Waals surface area contributed by atoms with Crippen LogP contribution in [0.1, 0.15) is 30.3 Å². The van der Waals surface area contributed by atoms with Crippen molar-refractivity contribution in [2.75, 3.05) is 7.11 Å². The van der Waals surface area contributed by atoms with E-state index >= 15 is 0 Å². The van der Waals surface area contributed by atoms with E-state index in [4.69, 9.17) is 18.9 Å². The van der Waals surface area contributed by atoms with E-state index in [1.165, 1.54) is 7.11 Å². The second-order valence-corrected chi connectivity index (χ2v) is 7.25. The maximum absolute atomic E-state index is 12.6. The van der Waals surface area contributed by atoms with Gasteiger partial charge in [-0.3, -0.25) is 0 Å². The predicted molar refractivity (Wildman–Crippen MR) is 100 cm³/mol. The van der Waals surface area contributed by atoms with Crippen molar-refractivity contribution in [3.05, 3.63) is 71.8 Å². The Bertz CT molecular complexity index is 795. The van der Waals surface area contributed by atoms with Crippen LogP contribution >= 0.6 is 0 Å². The highest BCUT2D eigenvalue weighted by Gasteiger charge is 2.56. The van der Waals surface area contributed by atoms with Gasteiger partial charge in [0.1, 0.15) is 6.10 Å². The van der Waals surface area contributed by atoms with Crippen LogP contribution in [0.4, 0.5) is 0 Å². The van der Waals surface area contributed by atoms with Crippen molar-refractivity contribution in [3.8, 4) is 0 Å². The highest BCUT2D eigenvalue weighted by molar-refractivity contribution is 5.80. The van der Waals surface area contributed by atoms with Gasteiger partial charge in [-0.15, -0.1) is 0 Å². The molecule has 0 radical (unpaired) electrons. The topological polar surface area (TPSA) is 74.2 Å². The highest BCUT2D eigenvalue weighted by atomic mass is 16.7. The van der Waals surface area contributed by atoms with E-state index in [0.717, 1.165) is 11.1 Å². The number of rotatable bonds is 5. The fourth-order valence-corrected chi connectivity index (χ4v) is 3.96. The molecule has 1 saturated heterocycles. The Morgan fingerprint density at radius 1 is 1.07 bits per heavy atom. The zero-order valence-corrected chi connectivity index (χ0v) is 15.7. The molecule has 5 atom stereocenters. The molecule has 2 aromatic carbocycles. The summed E-state index contributed by atoms with van der Waals surface area (Å²) in [7, 11) is 1.33. The lowest BCUT2D eigenvalue weighted by Gasteiger charge is -2.41. The Labute approximate surface area is 164 Å². The van der Waals surface area contributed by atoms with E-state index in [1.807, 2.05) is 60.7 Å². The van der Waals surface area contributed by atoms with Gasteiger partial charge in [0, 0.05) is 18.4 Å². The number of methoxy groups -OCH3 is 1. The fourth-order valence-electron chi connectivity index (χ4n) is 3.96. The van der Waals surface area contributed by atoms with Gasteiger partial charge in [0.25, 0.3) is 0 Å². The first-order valence-electron chi connectivity index (χ1n) is 9.41. The molecule has 2 fully saturated rings. The number of aliphatic hydroxyl groups excluding tert-OH is 1. The number of hydrogen-bond donors (Lipinski definition) is 1. The van der Waals surface area contributed by atoms with Crippen molar-refractivity contribution in [2.24, 2.45) is 0 Å². The third kappa shape index (κ3) is 3.69. The fraction of sp³-hybridized carbons (Fsp3) is 0.409. The molecule has 2 aromatic rings. The summed E-state index contributed by atoms with van der Waals surface area (Å²) in [6, 6.07) is 19.1. The van der Waals surface area contributed by atoms with Crippen molar-refractivity contribution in [1.82, 2.24) is 0 Å². The molecule has 0 aromatic heterocycles. The summed E-state index contributed by atoms with van der Waals surface area (Å²) < 4.78 is 23.1. The molecule has 6 nitrogen and oxygen atoms in total. The number of ether oxygens (including phenoxy) is 4. The number of carbonyl (C=O) groups is 1. The minimum Gasteiger partial charge on any atom is -0.467 e. The summed E-state index contributed by atoms with van der Waals surface area (Å²) in [5, 5.41) is 10.7. The Morgan fingerprint density at radius 3 is 2.43 bits per heavy atom. The smallest absolute Gasteiger partial charge is 0.338 e. The summed E-state index contributed by atoms with van der Waals surface area (Å²) in [6.07, 6.45) is -2.10. The first-order chi connectivity index (χ1) is 13.6. The maximum Gasteiger partial charge on any atom is 0.338 e. The molecule has 2 aliphatic rings. The molecule has 1 N–H and O–H groups in total. The lowest BCUT2D eigenvalue weighted by Crippen LogP contribution is -2.56. The molecule has 0 bridgehead atoms. The van der Waals surface area contributed by atoms with Gasteiger partial charge in [-0.1, -0.05) is 60.7 Å². The Hall–Kier alpha value is -2.25. The number of hydrogen-bond acceptors (Lipinski definition) is 6. The van der Waals surface area contributed by atoms with Gasteiger partial charge < -0.3 is 24.1 Å². The molecule has 148 valence electrons. The second-order valence-electron chi connectivity index (χ2n) is 7.25. The lowest BCUT2D eigenvalue weighted by molar-refractivity contribution is -0.193. The maximum atomic E-state index is 12.6. The normalized spacial score (nSPS) is 31.9. The minimum absolute atomic E-state index is 0.0958. The summed E-state index contributed by atoms with van der Waals surface area (Å²) in [6.45, 7) is 0.239. The Kier molecular flexibility index (Phi) is 5.46. The zero-order chi connectivity index (χ0) is 19.6. The van der Waals surface area contributed by atoms with Crippen LogP contribution in [-0.4, -0.2) is 42.1 Å². The zero-order valence-electron chi connectivity index (χ0n) is 15.7. The first kappa shape index (κ1) is 19.1. The second kappa shape index (κ2) is 8.01. The third-order valence-corrected chi connectivity index (χ3v) is 5.38. The van der Waals surface area contributed by atoms with E-state index in [0.29, 0.717) is 0 Å². The molecule has 1 aliphatic carbocycles. The van der Waals surface area contributed by atoms with E-state index in [-0.39, 0.29) is 19.4 Å². The minimum atomic E-state index is -1.28. The van der Waals surface area contributed by atoms with Gasteiger partial charge in [-0.25, -0.2) is 4.79 Å². The molecular weight excluding hydrogens is 360 g/mol. The van der Waals surface area contributed by atoms with Gasteiger partial charge in [-0.05, 0) is 5.56 Å². The average molecular weight is 384 g/mol. The van der Waals surface area contributed by atoms with Crippen LogP contribution in [0.15, 0.2) is 60.7 Å². The molecule has 0 spiro atoms. The average Bonchev–Trinajstić information content (AvgIpc) is 3.17.